The van der Waals surface area contributed by atoms with Crippen LogP contribution in [0.2, 0.25) is 0 Å². The van der Waals surface area contributed by atoms with Crippen LogP contribution in [0.5, 0.6) is 0 Å². The van der Waals surface area contributed by atoms with Crippen molar-refractivity contribution >= 4 is 0 Å². The summed E-state index contributed by atoms with van der Waals surface area (Å²) in [5, 5.41) is 3.76. The Morgan fingerprint density at radius 3 is 2.42 bits per heavy atom. The number of nitrogens with zero attached hydrogens (tertiary/aromatic N) is 2. The summed E-state index contributed by atoms with van der Waals surface area (Å²) in [5.74, 6) is 0.976. The molecule has 0 spiro atoms. The third-order valence-corrected chi connectivity index (χ3v) is 5.50. The van der Waals surface area contributed by atoms with Gasteiger partial charge in [-0.2, -0.15) is 0 Å². The van der Waals surface area contributed by atoms with Crippen molar-refractivity contribution in [3.05, 3.63) is 0 Å². The molecule has 2 fully saturated rings. The van der Waals surface area contributed by atoms with Gasteiger partial charge in [0.05, 0.1) is 0 Å². The second-order valence-electron chi connectivity index (χ2n) is 6.73. The monoisotopic (exact) mass is 267 g/mol. The summed E-state index contributed by atoms with van der Waals surface area (Å²) in [5.41, 5.74) is 0.394. The van der Waals surface area contributed by atoms with Crippen molar-refractivity contribution in [3.8, 4) is 0 Å². The van der Waals surface area contributed by atoms with E-state index in [4.69, 9.17) is 0 Å². The molecule has 2 saturated heterocycles. The van der Waals surface area contributed by atoms with Gasteiger partial charge in [0.2, 0.25) is 0 Å². The largest absolute Gasteiger partial charge is 0.309 e. The molecule has 1 N–H and O–H groups in total. The third kappa shape index (κ3) is 4.17. The van der Waals surface area contributed by atoms with Crippen LogP contribution in [-0.2, 0) is 0 Å². The number of piperidine rings is 1. The number of likely N-dealkylation sites (tertiary alicyclic amines) is 1. The minimum Gasteiger partial charge on any atom is -0.309 e. The minimum absolute atomic E-state index is 0.394. The molecule has 2 rings (SSSR count). The molecule has 3 nitrogen and oxygen atoms in total. The minimum atomic E-state index is 0.394. The lowest BCUT2D eigenvalue weighted by atomic mass is 9.89. The average Bonchev–Trinajstić information content (AvgIpc) is 2.47. The molecule has 0 atom stereocenters. The second kappa shape index (κ2) is 7.05. The molecule has 0 bridgehead atoms. The zero-order valence-corrected chi connectivity index (χ0v) is 13.2. The fraction of sp³-hybridized carbons (Fsp3) is 1.00. The van der Waals surface area contributed by atoms with E-state index in [-0.39, 0.29) is 0 Å². The highest BCUT2D eigenvalue weighted by molar-refractivity contribution is 4.92. The standard InChI is InChI=1S/C16H33N3/c1-4-16(5-2)14-19(13-9-17-16)12-8-15-6-10-18(3)11-7-15/h15,17H,4-14H2,1-3H3. The zero-order valence-electron chi connectivity index (χ0n) is 13.2. The number of piperazine rings is 1. The van der Waals surface area contributed by atoms with Gasteiger partial charge in [0.15, 0.2) is 0 Å². The lowest BCUT2D eigenvalue weighted by Gasteiger charge is -2.43. The first-order chi connectivity index (χ1) is 9.17. The molecule has 0 radical (unpaired) electrons. The molecule has 0 aromatic rings. The summed E-state index contributed by atoms with van der Waals surface area (Å²) in [4.78, 5) is 5.18. The van der Waals surface area contributed by atoms with Crippen LogP contribution in [0.15, 0.2) is 0 Å². The molecule has 2 heterocycles. The summed E-state index contributed by atoms with van der Waals surface area (Å²) in [6, 6.07) is 0. The van der Waals surface area contributed by atoms with Crippen LogP contribution in [0.4, 0.5) is 0 Å². The Balaban J connectivity index is 1.73. The van der Waals surface area contributed by atoms with Crippen molar-refractivity contribution in [3.63, 3.8) is 0 Å². The Labute approximate surface area is 119 Å². The number of hydrogen-bond donors (Lipinski definition) is 1. The van der Waals surface area contributed by atoms with Gasteiger partial charge in [-0.3, -0.25) is 0 Å². The molecular formula is C16H33N3. The van der Waals surface area contributed by atoms with Crippen molar-refractivity contribution in [2.45, 2.75) is 51.5 Å². The van der Waals surface area contributed by atoms with Gasteiger partial charge in [-0.1, -0.05) is 13.8 Å². The highest BCUT2D eigenvalue weighted by Gasteiger charge is 2.31. The predicted molar refractivity (Wildman–Crippen MR) is 82.6 cm³/mol. The van der Waals surface area contributed by atoms with E-state index < -0.39 is 0 Å². The highest BCUT2D eigenvalue weighted by atomic mass is 15.2. The molecule has 0 saturated carbocycles. The fourth-order valence-electron chi connectivity index (χ4n) is 3.67. The number of hydrogen-bond acceptors (Lipinski definition) is 3. The van der Waals surface area contributed by atoms with Crippen LogP contribution in [0.3, 0.4) is 0 Å². The first-order valence-corrected chi connectivity index (χ1v) is 8.33. The smallest absolute Gasteiger partial charge is 0.0304 e. The molecule has 112 valence electrons. The van der Waals surface area contributed by atoms with Crippen molar-refractivity contribution in [1.29, 1.82) is 0 Å². The van der Waals surface area contributed by atoms with E-state index in [1.807, 2.05) is 0 Å². The van der Waals surface area contributed by atoms with Crippen LogP contribution in [0.25, 0.3) is 0 Å². The lowest BCUT2D eigenvalue weighted by molar-refractivity contribution is 0.111. The Bertz CT molecular complexity index is 255. The molecule has 3 heteroatoms. The Morgan fingerprint density at radius 1 is 1.11 bits per heavy atom. The SMILES string of the molecule is CCC1(CC)CN(CCC2CCN(C)CC2)CCN1. The van der Waals surface area contributed by atoms with E-state index in [1.165, 1.54) is 71.4 Å². The van der Waals surface area contributed by atoms with Crippen molar-refractivity contribution < 1.29 is 0 Å². The highest BCUT2D eigenvalue weighted by Crippen LogP contribution is 2.23. The predicted octanol–water partition coefficient (Wildman–Crippen LogP) is 2.18. The van der Waals surface area contributed by atoms with E-state index in [1.54, 1.807) is 0 Å². The first-order valence-electron chi connectivity index (χ1n) is 8.33. The maximum atomic E-state index is 3.76. The quantitative estimate of drug-likeness (QED) is 0.824. The second-order valence-corrected chi connectivity index (χ2v) is 6.73. The summed E-state index contributed by atoms with van der Waals surface area (Å²) in [6.07, 6.45) is 6.75. The Kier molecular flexibility index (Phi) is 5.67. The normalized spacial score (nSPS) is 26.7. The summed E-state index contributed by atoms with van der Waals surface area (Å²) >= 11 is 0. The summed E-state index contributed by atoms with van der Waals surface area (Å²) < 4.78 is 0. The van der Waals surface area contributed by atoms with Crippen LogP contribution >= 0.6 is 0 Å². The van der Waals surface area contributed by atoms with Crippen molar-refractivity contribution in [2.75, 3.05) is 46.3 Å². The molecule has 0 aliphatic carbocycles. The molecule has 19 heavy (non-hydrogen) atoms. The van der Waals surface area contributed by atoms with Gasteiger partial charge >= 0.3 is 0 Å². The average molecular weight is 267 g/mol. The van der Waals surface area contributed by atoms with Gasteiger partial charge in [0.25, 0.3) is 0 Å². The van der Waals surface area contributed by atoms with Gasteiger partial charge in [0.1, 0.15) is 0 Å². The molecule has 0 aromatic heterocycles. The van der Waals surface area contributed by atoms with Gasteiger partial charge in [-0.15, -0.1) is 0 Å². The van der Waals surface area contributed by atoms with Crippen LogP contribution in [0, 0.1) is 5.92 Å². The van der Waals surface area contributed by atoms with Crippen molar-refractivity contribution in [2.24, 2.45) is 5.92 Å². The van der Waals surface area contributed by atoms with E-state index in [2.05, 4.69) is 36.0 Å². The molecule has 0 aromatic carbocycles. The van der Waals surface area contributed by atoms with Gasteiger partial charge in [-0.05, 0) is 64.7 Å². The lowest BCUT2D eigenvalue weighted by Crippen LogP contribution is -2.60. The molecular weight excluding hydrogens is 234 g/mol. The van der Waals surface area contributed by atoms with E-state index in [0.29, 0.717) is 5.54 Å². The maximum Gasteiger partial charge on any atom is 0.0304 e. The molecule has 2 aliphatic rings. The third-order valence-electron chi connectivity index (χ3n) is 5.50. The number of rotatable bonds is 5. The first kappa shape index (κ1) is 15.3. The molecule has 2 aliphatic heterocycles. The van der Waals surface area contributed by atoms with Gasteiger partial charge < -0.3 is 15.1 Å². The number of nitrogens with one attached hydrogen (secondary N) is 1. The molecule has 0 amide bonds. The molecule has 0 unspecified atom stereocenters. The van der Waals surface area contributed by atoms with Crippen LogP contribution in [-0.4, -0.2) is 61.7 Å². The zero-order chi connectivity index (χ0) is 13.7. The maximum absolute atomic E-state index is 3.76. The van der Waals surface area contributed by atoms with E-state index in [9.17, 15) is 0 Å². The van der Waals surface area contributed by atoms with E-state index in [0.717, 1.165) is 5.92 Å². The topological polar surface area (TPSA) is 18.5 Å². The fourth-order valence-corrected chi connectivity index (χ4v) is 3.67. The summed E-state index contributed by atoms with van der Waals surface area (Å²) in [7, 11) is 2.25. The summed E-state index contributed by atoms with van der Waals surface area (Å²) in [6.45, 7) is 12.3. The van der Waals surface area contributed by atoms with Gasteiger partial charge in [0, 0.05) is 25.2 Å². The Hall–Kier alpha value is -0.120. The van der Waals surface area contributed by atoms with Gasteiger partial charge in [-0.25, -0.2) is 0 Å². The Morgan fingerprint density at radius 2 is 1.79 bits per heavy atom. The van der Waals surface area contributed by atoms with Crippen molar-refractivity contribution in [1.82, 2.24) is 15.1 Å². The van der Waals surface area contributed by atoms with Crippen LogP contribution < -0.4 is 5.32 Å². The van der Waals surface area contributed by atoms with Crippen LogP contribution in [0.1, 0.15) is 46.0 Å². The van der Waals surface area contributed by atoms with E-state index >= 15 is 0 Å².